The summed E-state index contributed by atoms with van der Waals surface area (Å²) in [6.07, 6.45) is -3.23. The Morgan fingerprint density at radius 2 is 1.91 bits per heavy atom. The molecule has 0 spiro atoms. The molecule has 4 aromatic rings. The van der Waals surface area contributed by atoms with Crippen LogP contribution in [0.5, 0.6) is 0 Å². The molecule has 11 heteroatoms. The van der Waals surface area contributed by atoms with E-state index in [1.165, 1.54) is 30.2 Å². The number of carbonyl (C=O) groups excluding carboxylic acids is 1. The summed E-state index contributed by atoms with van der Waals surface area (Å²) in [6, 6.07) is 12.7. The number of amides is 1. The molecule has 0 atom stereocenters. The predicted molar refractivity (Wildman–Crippen MR) is 120 cm³/mol. The molecule has 0 unspecified atom stereocenters. The Kier molecular flexibility index (Phi) is 6.73. The molecule has 2 aromatic heterocycles. The molecule has 0 aliphatic carbocycles. The van der Waals surface area contributed by atoms with Crippen molar-refractivity contribution < 1.29 is 22.4 Å². The smallest absolute Gasteiger partial charge is 0.416 e. The number of hydrogen-bond acceptors (Lipinski definition) is 6. The van der Waals surface area contributed by atoms with E-state index in [0.717, 1.165) is 29.2 Å². The van der Waals surface area contributed by atoms with Crippen LogP contribution in [0.4, 0.5) is 13.2 Å². The Bertz CT molecular complexity index is 1320. The van der Waals surface area contributed by atoms with E-state index in [4.69, 9.17) is 4.42 Å². The van der Waals surface area contributed by atoms with Gasteiger partial charge in [-0.15, -0.1) is 10.2 Å². The molecule has 0 fully saturated rings. The lowest BCUT2D eigenvalue weighted by Gasteiger charge is -2.09. The number of halogens is 3. The van der Waals surface area contributed by atoms with Crippen molar-refractivity contribution in [3.05, 3.63) is 88.9 Å². The van der Waals surface area contributed by atoms with Gasteiger partial charge in [-0.05, 0) is 49.2 Å². The summed E-state index contributed by atoms with van der Waals surface area (Å²) in [5.41, 5.74) is 1.64. The topological polar surface area (TPSA) is 85.8 Å². The Labute approximate surface area is 197 Å². The number of oxazole rings is 1. The first-order valence-electron chi connectivity index (χ1n) is 10.2. The zero-order valence-corrected chi connectivity index (χ0v) is 19.1. The molecule has 34 heavy (non-hydrogen) atoms. The fourth-order valence-electron chi connectivity index (χ4n) is 3.24. The molecule has 0 aliphatic heterocycles. The lowest BCUT2D eigenvalue weighted by Crippen LogP contribution is -2.23. The summed E-state index contributed by atoms with van der Waals surface area (Å²) < 4.78 is 45.9. The average molecular weight is 488 g/mol. The van der Waals surface area contributed by atoms with Gasteiger partial charge in [-0.25, -0.2) is 4.98 Å². The van der Waals surface area contributed by atoms with Crippen molar-refractivity contribution in [1.82, 2.24) is 25.1 Å². The molecule has 2 aromatic carbocycles. The summed E-state index contributed by atoms with van der Waals surface area (Å²) in [5.74, 6) is 0.808. The summed E-state index contributed by atoms with van der Waals surface area (Å²) in [4.78, 5) is 16.6. The fourth-order valence-corrected chi connectivity index (χ4v) is 4.09. The van der Waals surface area contributed by atoms with E-state index >= 15 is 0 Å². The first-order valence-corrected chi connectivity index (χ1v) is 11.2. The van der Waals surface area contributed by atoms with Gasteiger partial charge < -0.3 is 9.73 Å². The molecule has 0 bridgehead atoms. The van der Waals surface area contributed by atoms with Gasteiger partial charge in [0.25, 0.3) is 5.91 Å². The molecule has 0 saturated carbocycles. The van der Waals surface area contributed by atoms with E-state index in [1.54, 1.807) is 0 Å². The van der Waals surface area contributed by atoms with Crippen LogP contribution < -0.4 is 5.32 Å². The molecule has 4 rings (SSSR count). The number of alkyl halides is 3. The minimum Gasteiger partial charge on any atom is -0.447 e. The number of thioether (sulfide) groups is 1. The lowest BCUT2D eigenvalue weighted by atomic mass is 10.1. The fraction of sp³-hybridized carbons (Fsp3) is 0.217. The van der Waals surface area contributed by atoms with Crippen LogP contribution in [0.25, 0.3) is 5.69 Å². The van der Waals surface area contributed by atoms with Crippen LogP contribution in [0.15, 0.2) is 64.4 Å². The van der Waals surface area contributed by atoms with Gasteiger partial charge in [0, 0.05) is 12.2 Å². The van der Waals surface area contributed by atoms with E-state index in [-0.39, 0.29) is 12.2 Å². The molecule has 0 saturated heterocycles. The predicted octanol–water partition coefficient (Wildman–Crippen LogP) is 5.11. The van der Waals surface area contributed by atoms with Crippen molar-refractivity contribution in [2.75, 3.05) is 0 Å². The zero-order chi connectivity index (χ0) is 24.3. The van der Waals surface area contributed by atoms with Crippen LogP contribution in [-0.2, 0) is 18.5 Å². The molecule has 176 valence electrons. The summed E-state index contributed by atoms with van der Waals surface area (Å²) in [6.45, 7) is 3.79. The summed E-state index contributed by atoms with van der Waals surface area (Å²) in [7, 11) is 0. The zero-order valence-electron chi connectivity index (χ0n) is 18.3. The van der Waals surface area contributed by atoms with Crippen LogP contribution in [0.2, 0.25) is 0 Å². The maximum absolute atomic E-state index is 12.8. The Morgan fingerprint density at radius 1 is 1.12 bits per heavy atom. The number of benzene rings is 2. The van der Waals surface area contributed by atoms with Crippen molar-refractivity contribution in [2.45, 2.75) is 37.5 Å². The van der Waals surface area contributed by atoms with Crippen molar-refractivity contribution in [3.63, 3.8) is 0 Å². The van der Waals surface area contributed by atoms with E-state index in [2.05, 4.69) is 20.5 Å². The number of aromatic nitrogens is 4. The third-order valence-corrected chi connectivity index (χ3v) is 5.79. The number of nitrogens with one attached hydrogen (secondary N) is 1. The Hall–Kier alpha value is -3.60. The van der Waals surface area contributed by atoms with Gasteiger partial charge in [0.2, 0.25) is 5.89 Å². The molecule has 0 aliphatic rings. The van der Waals surface area contributed by atoms with E-state index in [1.807, 2.05) is 42.7 Å². The maximum atomic E-state index is 12.8. The van der Waals surface area contributed by atoms with Crippen molar-refractivity contribution in [1.29, 1.82) is 0 Å². The lowest BCUT2D eigenvalue weighted by molar-refractivity contribution is -0.137. The van der Waals surface area contributed by atoms with Crippen molar-refractivity contribution in [2.24, 2.45) is 0 Å². The van der Waals surface area contributed by atoms with E-state index in [0.29, 0.717) is 22.4 Å². The Morgan fingerprint density at radius 3 is 2.68 bits per heavy atom. The standard InChI is InChI=1S/C23H20F3N5O2S/c1-14-5-3-8-18(9-14)31-15(2)29-30-22(31)34-13-20-28-19(12-33-20)21(32)27-11-16-6-4-7-17(10-16)23(24,25)26/h3-10,12H,11,13H2,1-2H3,(H,27,32). The first kappa shape index (κ1) is 23.6. The second-order valence-electron chi connectivity index (χ2n) is 7.50. The highest BCUT2D eigenvalue weighted by Crippen LogP contribution is 2.29. The van der Waals surface area contributed by atoms with E-state index < -0.39 is 17.6 Å². The normalized spacial score (nSPS) is 11.6. The second-order valence-corrected chi connectivity index (χ2v) is 8.44. The molecule has 7 nitrogen and oxygen atoms in total. The van der Waals surface area contributed by atoms with Gasteiger partial charge in [-0.3, -0.25) is 9.36 Å². The van der Waals surface area contributed by atoms with Crippen LogP contribution in [0, 0.1) is 13.8 Å². The molecular formula is C23H20F3N5O2S. The van der Waals surface area contributed by atoms with Crippen LogP contribution >= 0.6 is 11.8 Å². The Balaban J connectivity index is 1.38. The van der Waals surface area contributed by atoms with Crippen LogP contribution in [0.3, 0.4) is 0 Å². The van der Waals surface area contributed by atoms with E-state index in [9.17, 15) is 18.0 Å². The van der Waals surface area contributed by atoms with Crippen molar-refractivity contribution in [3.8, 4) is 5.69 Å². The monoisotopic (exact) mass is 487 g/mol. The highest BCUT2D eigenvalue weighted by atomic mass is 32.2. The summed E-state index contributed by atoms with van der Waals surface area (Å²) in [5, 5.41) is 11.6. The highest BCUT2D eigenvalue weighted by molar-refractivity contribution is 7.98. The number of hydrogen-bond donors (Lipinski definition) is 1. The minimum absolute atomic E-state index is 0.0407. The first-order chi connectivity index (χ1) is 16.2. The van der Waals surface area contributed by atoms with Crippen molar-refractivity contribution >= 4 is 17.7 Å². The maximum Gasteiger partial charge on any atom is 0.416 e. The van der Waals surface area contributed by atoms with Gasteiger partial charge in [0.05, 0.1) is 11.3 Å². The third kappa shape index (κ3) is 5.48. The van der Waals surface area contributed by atoms with Gasteiger partial charge in [0.1, 0.15) is 12.1 Å². The SMILES string of the molecule is Cc1cccc(-n2c(C)nnc2SCc2nc(C(=O)NCc3cccc(C(F)(F)F)c3)co2)c1. The second kappa shape index (κ2) is 9.72. The highest BCUT2D eigenvalue weighted by Gasteiger charge is 2.30. The van der Waals surface area contributed by atoms with Gasteiger partial charge in [0.15, 0.2) is 10.9 Å². The largest absolute Gasteiger partial charge is 0.447 e. The number of aryl methyl sites for hydroxylation is 2. The quantitative estimate of drug-likeness (QED) is 0.365. The number of nitrogens with zero attached hydrogens (tertiary/aromatic N) is 4. The third-order valence-electron chi connectivity index (χ3n) is 4.87. The van der Waals surface area contributed by atoms with Crippen LogP contribution in [0.1, 0.15) is 38.9 Å². The molecular weight excluding hydrogens is 467 g/mol. The minimum atomic E-state index is -4.44. The molecule has 1 amide bonds. The molecule has 2 heterocycles. The number of carbonyl (C=O) groups is 1. The molecule has 0 radical (unpaired) electrons. The molecule has 1 N–H and O–H groups in total. The average Bonchev–Trinajstić information content (AvgIpc) is 3.42. The number of rotatable bonds is 7. The summed E-state index contributed by atoms with van der Waals surface area (Å²) >= 11 is 1.36. The van der Waals surface area contributed by atoms with Gasteiger partial charge in [-0.1, -0.05) is 36.0 Å². The van der Waals surface area contributed by atoms with Gasteiger partial charge >= 0.3 is 6.18 Å². The van der Waals surface area contributed by atoms with Gasteiger partial charge in [-0.2, -0.15) is 13.2 Å². The van der Waals surface area contributed by atoms with Crippen LogP contribution in [-0.4, -0.2) is 25.7 Å².